The summed E-state index contributed by atoms with van der Waals surface area (Å²) in [7, 11) is 0. The molecule has 4 nitrogen and oxygen atoms in total. The summed E-state index contributed by atoms with van der Waals surface area (Å²) in [4.78, 5) is 0. The molecule has 3 fully saturated rings. The Balaban J connectivity index is 1.71. The predicted molar refractivity (Wildman–Crippen MR) is 74.8 cm³/mol. The smallest absolute Gasteiger partial charge is 0.111 e. The van der Waals surface area contributed by atoms with E-state index in [0.717, 1.165) is 12.8 Å². The Kier molecular flexibility index (Phi) is 4.42. The molecular weight excluding hydrogens is 240 g/mol. The molecule has 0 aromatic rings. The Morgan fingerprint density at radius 3 is 2.53 bits per heavy atom. The summed E-state index contributed by atoms with van der Waals surface area (Å²) in [6.07, 6.45) is 8.04. The van der Waals surface area contributed by atoms with Gasteiger partial charge in [-0.3, -0.25) is 10.6 Å². The average molecular weight is 268 g/mol. The van der Waals surface area contributed by atoms with Crippen molar-refractivity contribution < 1.29 is 9.47 Å². The molecule has 0 amide bonds. The first-order valence-corrected chi connectivity index (χ1v) is 8.00. The van der Waals surface area contributed by atoms with E-state index >= 15 is 0 Å². The van der Waals surface area contributed by atoms with Gasteiger partial charge in [0.25, 0.3) is 0 Å². The van der Waals surface area contributed by atoms with Crippen LogP contribution in [0.4, 0.5) is 0 Å². The average Bonchev–Trinajstić information content (AvgIpc) is 2.99. The molecule has 5 unspecified atom stereocenters. The SMILES string of the molecule is CC(C)C1NC2CCCC2NCOC2CCCC2O1. The molecule has 4 heteroatoms. The van der Waals surface area contributed by atoms with Gasteiger partial charge >= 0.3 is 0 Å². The molecule has 1 heterocycles. The van der Waals surface area contributed by atoms with E-state index in [1.165, 1.54) is 25.7 Å². The van der Waals surface area contributed by atoms with Crippen molar-refractivity contribution in [3.05, 3.63) is 0 Å². The molecule has 0 aromatic carbocycles. The summed E-state index contributed by atoms with van der Waals surface area (Å²) in [5, 5.41) is 7.34. The maximum Gasteiger partial charge on any atom is 0.111 e. The van der Waals surface area contributed by atoms with Crippen molar-refractivity contribution in [1.29, 1.82) is 0 Å². The van der Waals surface area contributed by atoms with Crippen molar-refractivity contribution in [2.45, 2.75) is 82.9 Å². The van der Waals surface area contributed by atoms with Gasteiger partial charge in [-0.25, -0.2) is 0 Å². The molecule has 1 saturated heterocycles. The van der Waals surface area contributed by atoms with E-state index in [-0.39, 0.29) is 18.4 Å². The van der Waals surface area contributed by atoms with Gasteiger partial charge in [-0.05, 0) is 38.0 Å². The van der Waals surface area contributed by atoms with Crippen LogP contribution in [0.15, 0.2) is 0 Å². The zero-order chi connectivity index (χ0) is 13.2. The van der Waals surface area contributed by atoms with E-state index in [2.05, 4.69) is 24.5 Å². The van der Waals surface area contributed by atoms with Crippen LogP contribution in [-0.2, 0) is 9.47 Å². The fraction of sp³-hybridized carbons (Fsp3) is 1.00. The molecule has 5 atom stereocenters. The summed E-state index contributed by atoms with van der Waals surface area (Å²) in [5.41, 5.74) is 0. The number of ether oxygens (including phenoxy) is 2. The first-order valence-electron chi connectivity index (χ1n) is 8.00. The van der Waals surface area contributed by atoms with Crippen LogP contribution in [0, 0.1) is 5.92 Å². The second kappa shape index (κ2) is 6.08. The lowest BCUT2D eigenvalue weighted by molar-refractivity contribution is -0.123. The van der Waals surface area contributed by atoms with Crippen LogP contribution in [0.25, 0.3) is 0 Å². The van der Waals surface area contributed by atoms with Gasteiger partial charge in [0.05, 0.1) is 18.9 Å². The van der Waals surface area contributed by atoms with Crippen molar-refractivity contribution in [2.75, 3.05) is 6.73 Å². The third-order valence-corrected chi connectivity index (χ3v) is 4.86. The summed E-state index contributed by atoms with van der Waals surface area (Å²) in [6.45, 7) is 5.16. The minimum absolute atomic E-state index is 0.166. The zero-order valence-corrected chi connectivity index (χ0v) is 12.2. The molecule has 2 saturated carbocycles. The quantitative estimate of drug-likeness (QED) is 0.763. The van der Waals surface area contributed by atoms with Crippen LogP contribution >= 0.6 is 0 Å². The van der Waals surface area contributed by atoms with Crippen molar-refractivity contribution in [1.82, 2.24) is 10.6 Å². The Morgan fingerprint density at radius 1 is 0.947 bits per heavy atom. The molecule has 110 valence electrons. The van der Waals surface area contributed by atoms with Crippen LogP contribution in [0.3, 0.4) is 0 Å². The molecule has 3 rings (SSSR count). The molecule has 1 aliphatic heterocycles. The van der Waals surface area contributed by atoms with Crippen LogP contribution in [0.5, 0.6) is 0 Å². The first-order chi connectivity index (χ1) is 9.24. The van der Waals surface area contributed by atoms with E-state index in [9.17, 15) is 0 Å². The standard InChI is InChI=1S/C15H28N2O2/c1-10(2)15-17-12-6-3-5-11(12)16-9-18-13-7-4-8-14(13)19-15/h10-17H,3-9H2,1-2H3. The lowest BCUT2D eigenvalue weighted by Crippen LogP contribution is -2.54. The highest BCUT2D eigenvalue weighted by Crippen LogP contribution is 2.29. The highest BCUT2D eigenvalue weighted by Gasteiger charge is 2.36. The Morgan fingerprint density at radius 2 is 1.68 bits per heavy atom. The maximum absolute atomic E-state index is 6.36. The minimum Gasteiger partial charge on any atom is -0.360 e. The Labute approximate surface area is 116 Å². The van der Waals surface area contributed by atoms with Gasteiger partial charge in [-0.1, -0.05) is 20.3 Å². The van der Waals surface area contributed by atoms with Crippen molar-refractivity contribution >= 4 is 0 Å². The molecule has 0 bridgehead atoms. The van der Waals surface area contributed by atoms with E-state index in [4.69, 9.17) is 9.47 Å². The molecule has 2 aliphatic carbocycles. The first kappa shape index (κ1) is 13.8. The van der Waals surface area contributed by atoms with Gasteiger partial charge in [-0.15, -0.1) is 0 Å². The van der Waals surface area contributed by atoms with Gasteiger partial charge < -0.3 is 9.47 Å². The normalized spacial score (nSPS) is 44.1. The number of hydrogen-bond acceptors (Lipinski definition) is 4. The molecular formula is C15H28N2O2. The maximum atomic E-state index is 6.36. The third kappa shape index (κ3) is 3.13. The van der Waals surface area contributed by atoms with Crippen LogP contribution in [-0.4, -0.2) is 37.3 Å². The zero-order valence-electron chi connectivity index (χ0n) is 12.2. The predicted octanol–water partition coefficient (Wildman–Crippen LogP) is 1.99. The van der Waals surface area contributed by atoms with Crippen LogP contribution in [0.2, 0.25) is 0 Å². The third-order valence-electron chi connectivity index (χ3n) is 4.86. The monoisotopic (exact) mass is 268 g/mol. The van der Waals surface area contributed by atoms with Gasteiger partial charge in [0.2, 0.25) is 0 Å². The van der Waals surface area contributed by atoms with Crippen molar-refractivity contribution in [3.63, 3.8) is 0 Å². The molecule has 0 aromatic heterocycles. The number of nitrogens with one attached hydrogen (secondary N) is 2. The van der Waals surface area contributed by atoms with Gasteiger partial charge in [0.1, 0.15) is 6.23 Å². The summed E-state index contributed by atoms with van der Waals surface area (Å²) in [5.74, 6) is 0.502. The van der Waals surface area contributed by atoms with E-state index < -0.39 is 0 Å². The largest absolute Gasteiger partial charge is 0.360 e. The van der Waals surface area contributed by atoms with Gasteiger partial charge in [-0.2, -0.15) is 0 Å². The molecule has 3 aliphatic rings. The second-order valence-electron chi connectivity index (χ2n) is 6.63. The number of rotatable bonds is 1. The van der Waals surface area contributed by atoms with Gasteiger partial charge in [0, 0.05) is 12.1 Å². The Bertz CT molecular complexity index is 274. The summed E-state index contributed by atoms with van der Waals surface area (Å²) < 4.78 is 12.4. The molecule has 0 radical (unpaired) electrons. The molecule has 0 spiro atoms. The minimum atomic E-state index is 0.166. The van der Waals surface area contributed by atoms with E-state index in [0.29, 0.717) is 24.7 Å². The summed E-state index contributed by atoms with van der Waals surface area (Å²) in [6, 6.07) is 1.08. The number of fused-ring (bicyclic) bond motifs is 2. The second-order valence-corrected chi connectivity index (χ2v) is 6.63. The fourth-order valence-corrected chi connectivity index (χ4v) is 3.69. The van der Waals surface area contributed by atoms with E-state index in [1.54, 1.807) is 0 Å². The van der Waals surface area contributed by atoms with Gasteiger partial charge in [0.15, 0.2) is 0 Å². The molecule has 19 heavy (non-hydrogen) atoms. The van der Waals surface area contributed by atoms with Crippen molar-refractivity contribution in [2.24, 2.45) is 5.92 Å². The summed E-state index contributed by atoms with van der Waals surface area (Å²) >= 11 is 0. The Hall–Kier alpha value is -0.160. The topological polar surface area (TPSA) is 42.5 Å². The van der Waals surface area contributed by atoms with Crippen LogP contribution in [0.1, 0.15) is 52.4 Å². The van der Waals surface area contributed by atoms with Crippen molar-refractivity contribution in [3.8, 4) is 0 Å². The fourth-order valence-electron chi connectivity index (χ4n) is 3.69. The molecule has 2 N–H and O–H groups in total. The lowest BCUT2D eigenvalue weighted by atomic mass is 10.1. The number of hydrogen-bond donors (Lipinski definition) is 2. The highest BCUT2D eigenvalue weighted by atomic mass is 16.6. The lowest BCUT2D eigenvalue weighted by Gasteiger charge is -2.35. The highest BCUT2D eigenvalue weighted by molar-refractivity contribution is 4.91. The van der Waals surface area contributed by atoms with E-state index in [1.807, 2.05) is 0 Å². The van der Waals surface area contributed by atoms with Crippen LogP contribution < -0.4 is 10.6 Å².